The van der Waals surface area contributed by atoms with Crippen LogP contribution < -0.4 is 5.32 Å². The highest BCUT2D eigenvalue weighted by atomic mass is 19.1. The zero-order chi connectivity index (χ0) is 24.2. The van der Waals surface area contributed by atoms with Crippen molar-refractivity contribution in [1.29, 1.82) is 0 Å². The van der Waals surface area contributed by atoms with Crippen LogP contribution in [-0.2, 0) is 4.79 Å². The fourth-order valence-electron chi connectivity index (χ4n) is 8.22. The summed E-state index contributed by atoms with van der Waals surface area (Å²) in [6, 6.07) is 6.84. The average molecular weight is 484 g/mol. The minimum Gasteiger partial charge on any atom is -0.393 e. The fourth-order valence-corrected chi connectivity index (χ4v) is 8.22. The van der Waals surface area contributed by atoms with Gasteiger partial charge in [0.2, 0.25) is 5.91 Å². The second-order valence-corrected chi connectivity index (χ2v) is 12.1. The van der Waals surface area contributed by atoms with Gasteiger partial charge in [0.1, 0.15) is 5.82 Å². The second-order valence-electron chi connectivity index (χ2n) is 12.1. The molecule has 3 amide bonds. The number of piperidine rings is 2. The van der Waals surface area contributed by atoms with E-state index in [0.29, 0.717) is 31.5 Å². The maximum Gasteiger partial charge on any atom is 0.320 e. The van der Waals surface area contributed by atoms with Crippen LogP contribution in [0.1, 0.15) is 69.3 Å². The number of hydrogen-bond acceptors (Lipinski definition) is 3. The molecule has 2 N–H and O–H groups in total. The Bertz CT molecular complexity index is 945. The number of nitrogens with one attached hydrogen (secondary N) is 1. The number of rotatable bonds is 3. The maximum absolute atomic E-state index is 13.5. The normalized spacial score (nSPS) is 36.9. The summed E-state index contributed by atoms with van der Waals surface area (Å²) >= 11 is 0. The third-order valence-electron chi connectivity index (χ3n) is 9.84. The second kappa shape index (κ2) is 9.06. The number of nitrogens with zero attached hydrogens (tertiary/aromatic N) is 2. The minimum atomic E-state index is -0.301. The van der Waals surface area contributed by atoms with Crippen molar-refractivity contribution in [2.75, 3.05) is 26.2 Å². The molecule has 35 heavy (non-hydrogen) atoms. The molecule has 7 rings (SSSR count). The van der Waals surface area contributed by atoms with Gasteiger partial charge in [0, 0.05) is 32.2 Å². The number of halogens is 1. The van der Waals surface area contributed by atoms with Gasteiger partial charge in [-0.05, 0) is 99.2 Å². The summed E-state index contributed by atoms with van der Waals surface area (Å²) in [6.07, 6.45) is 8.16. The topological polar surface area (TPSA) is 72.9 Å². The van der Waals surface area contributed by atoms with Gasteiger partial charge >= 0.3 is 6.03 Å². The number of aliphatic hydroxyl groups is 1. The SMILES string of the molecule is O=C(N1CCC(c2ccc(F)cc2)CC1)N1CCCC(NC(=O)C23CC4CC(C2)C(O)C(C4)C3)C1. The monoisotopic (exact) mass is 483 g/mol. The van der Waals surface area contributed by atoms with E-state index in [1.54, 1.807) is 0 Å². The molecule has 4 saturated carbocycles. The number of amides is 3. The van der Waals surface area contributed by atoms with Gasteiger partial charge in [-0.2, -0.15) is 0 Å². The molecule has 0 spiro atoms. The highest BCUT2D eigenvalue weighted by molar-refractivity contribution is 5.83. The average Bonchev–Trinajstić information content (AvgIpc) is 2.87. The molecule has 2 aliphatic heterocycles. The van der Waals surface area contributed by atoms with Crippen LogP contribution in [0.3, 0.4) is 0 Å². The van der Waals surface area contributed by atoms with E-state index in [1.165, 1.54) is 12.1 Å². The highest BCUT2D eigenvalue weighted by Crippen LogP contribution is 2.60. The standard InChI is InChI=1S/C28H38FN3O3/c29-23-5-3-19(4-6-23)20-7-10-31(11-8-20)27(35)32-9-1-2-24(17-32)30-26(34)28-14-18-12-21(15-28)25(33)22(13-18)16-28/h3-6,18,20-22,24-25,33H,1-2,7-17H2,(H,30,34). The molecule has 0 aromatic heterocycles. The molecule has 6 aliphatic rings. The molecule has 0 radical (unpaired) electrons. The van der Waals surface area contributed by atoms with Crippen LogP contribution >= 0.6 is 0 Å². The largest absolute Gasteiger partial charge is 0.393 e. The molecule has 190 valence electrons. The van der Waals surface area contributed by atoms with E-state index in [-0.39, 0.29) is 47.2 Å². The Kier molecular flexibility index (Phi) is 6.02. The smallest absolute Gasteiger partial charge is 0.320 e. The van der Waals surface area contributed by atoms with Crippen molar-refractivity contribution >= 4 is 11.9 Å². The zero-order valence-corrected chi connectivity index (χ0v) is 20.5. The lowest BCUT2D eigenvalue weighted by Gasteiger charge is -2.58. The number of aliphatic hydroxyl groups excluding tert-OH is 1. The first-order valence-corrected chi connectivity index (χ1v) is 13.7. The Morgan fingerprint density at radius 2 is 1.63 bits per heavy atom. The number of carbonyl (C=O) groups excluding carboxylic acids is 2. The van der Waals surface area contributed by atoms with Crippen LogP contribution in [0, 0.1) is 29.0 Å². The lowest BCUT2D eigenvalue weighted by atomic mass is 9.48. The lowest BCUT2D eigenvalue weighted by Crippen LogP contribution is -2.61. The molecule has 4 aliphatic carbocycles. The number of urea groups is 1. The van der Waals surface area contributed by atoms with Crippen molar-refractivity contribution in [3.05, 3.63) is 35.6 Å². The predicted molar refractivity (Wildman–Crippen MR) is 130 cm³/mol. The molecular weight excluding hydrogens is 445 g/mol. The van der Waals surface area contributed by atoms with Gasteiger partial charge in [0.15, 0.2) is 0 Å². The summed E-state index contributed by atoms with van der Waals surface area (Å²) < 4.78 is 13.2. The van der Waals surface area contributed by atoms with E-state index in [4.69, 9.17) is 0 Å². The van der Waals surface area contributed by atoms with E-state index in [1.807, 2.05) is 21.9 Å². The van der Waals surface area contributed by atoms with Gasteiger partial charge in [-0.3, -0.25) is 4.79 Å². The van der Waals surface area contributed by atoms with Crippen LogP contribution in [-0.4, -0.2) is 65.2 Å². The first-order chi connectivity index (χ1) is 16.9. The molecule has 6 nitrogen and oxygen atoms in total. The van der Waals surface area contributed by atoms with Crippen molar-refractivity contribution < 1.29 is 19.1 Å². The predicted octanol–water partition coefficient (Wildman–Crippen LogP) is 3.89. The van der Waals surface area contributed by atoms with Crippen LogP contribution in [0.15, 0.2) is 24.3 Å². The molecule has 2 heterocycles. The van der Waals surface area contributed by atoms with Crippen molar-refractivity contribution in [1.82, 2.24) is 15.1 Å². The van der Waals surface area contributed by atoms with E-state index in [9.17, 15) is 19.1 Å². The number of hydrogen-bond donors (Lipinski definition) is 2. The minimum absolute atomic E-state index is 0.00915. The van der Waals surface area contributed by atoms with E-state index in [0.717, 1.165) is 69.9 Å². The number of carbonyl (C=O) groups is 2. The summed E-state index contributed by atoms with van der Waals surface area (Å²) in [6.45, 7) is 2.75. The van der Waals surface area contributed by atoms with Crippen LogP contribution in [0.5, 0.6) is 0 Å². The van der Waals surface area contributed by atoms with Crippen LogP contribution in [0.2, 0.25) is 0 Å². The van der Waals surface area contributed by atoms with Gasteiger partial charge in [0.25, 0.3) is 0 Å². The maximum atomic E-state index is 13.5. The Hall–Kier alpha value is -2.15. The molecule has 4 bridgehead atoms. The van der Waals surface area contributed by atoms with Crippen molar-refractivity contribution in [2.24, 2.45) is 23.2 Å². The lowest BCUT2D eigenvalue weighted by molar-refractivity contribution is -0.163. The Morgan fingerprint density at radius 3 is 2.31 bits per heavy atom. The molecule has 1 aromatic carbocycles. The number of benzene rings is 1. The fraction of sp³-hybridized carbons (Fsp3) is 0.714. The molecule has 1 aromatic rings. The summed E-state index contributed by atoms with van der Waals surface area (Å²) in [7, 11) is 0. The van der Waals surface area contributed by atoms with E-state index >= 15 is 0 Å². The van der Waals surface area contributed by atoms with E-state index < -0.39 is 0 Å². The van der Waals surface area contributed by atoms with Gasteiger partial charge < -0.3 is 20.2 Å². The van der Waals surface area contributed by atoms with Crippen LogP contribution in [0.25, 0.3) is 0 Å². The highest BCUT2D eigenvalue weighted by Gasteiger charge is 2.58. The van der Waals surface area contributed by atoms with Crippen LogP contribution in [0.4, 0.5) is 9.18 Å². The summed E-state index contributed by atoms with van der Waals surface area (Å²) in [5.41, 5.74) is 0.848. The van der Waals surface area contributed by atoms with Gasteiger partial charge in [0.05, 0.1) is 11.5 Å². The molecule has 3 unspecified atom stereocenters. The van der Waals surface area contributed by atoms with Gasteiger partial charge in [-0.25, -0.2) is 9.18 Å². The Morgan fingerprint density at radius 1 is 0.943 bits per heavy atom. The molecule has 3 atom stereocenters. The third-order valence-corrected chi connectivity index (χ3v) is 9.84. The Labute approximate surface area is 207 Å². The molecular formula is C28H38FN3O3. The van der Waals surface area contributed by atoms with Crippen molar-refractivity contribution in [2.45, 2.75) is 75.9 Å². The third kappa shape index (κ3) is 4.34. The van der Waals surface area contributed by atoms with Gasteiger partial charge in [-0.15, -0.1) is 0 Å². The molecule has 2 saturated heterocycles. The first kappa shape index (κ1) is 23.3. The Balaban J connectivity index is 1.03. The molecule has 6 fully saturated rings. The molecule has 7 heteroatoms. The van der Waals surface area contributed by atoms with Gasteiger partial charge in [-0.1, -0.05) is 12.1 Å². The number of likely N-dealkylation sites (tertiary alicyclic amines) is 2. The van der Waals surface area contributed by atoms with Crippen molar-refractivity contribution in [3.8, 4) is 0 Å². The zero-order valence-electron chi connectivity index (χ0n) is 20.5. The summed E-state index contributed by atoms with van der Waals surface area (Å²) in [4.78, 5) is 30.7. The first-order valence-electron chi connectivity index (χ1n) is 13.7. The van der Waals surface area contributed by atoms with Crippen molar-refractivity contribution in [3.63, 3.8) is 0 Å². The summed E-state index contributed by atoms with van der Waals surface area (Å²) in [5.74, 6) is 1.48. The summed E-state index contributed by atoms with van der Waals surface area (Å²) in [5, 5.41) is 13.9. The quantitative estimate of drug-likeness (QED) is 0.685. The van der Waals surface area contributed by atoms with E-state index in [2.05, 4.69) is 5.32 Å².